The fourth-order valence-electron chi connectivity index (χ4n) is 3.11. The van der Waals surface area contributed by atoms with Gasteiger partial charge in [0, 0.05) is 4.47 Å². The molecule has 0 spiro atoms. The standard InChI is InChI=1S/C18H20BrN/c1-20-18(13-5-3-2-4-6-13)16-8-7-15-12-17(19)10-9-14(15)11-16/h5,7-12,18,20H,2-4,6H2,1H3. The van der Waals surface area contributed by atoms with Crippen LogP contribution in [-0.2, 0) is 0 Å². The molecule has 3 rings (SSSR count). The van der Waals surface area contributed by atoms with Crippen LogP contribution in [0.2, 0.25) is 0 Å². The second-order valence-electron chi connectivity index (χ2n) is 5.50. The van der Waals surface area contributed by atoms with E-state index < -0.39 is 0 Å². The zero-order valence-electron chi connectivity index (χ0n) is 11.8. The molecule has 0 heterocycles. The maximum Gasteiger partial charge on any atom is 0.0533 e. The van der Waals surface area contributed by atoms with Crippen molar-refractivity contribution in [2.45, 2.75) is 31.7 Å². The monoisotopic (exact) mass is 329 g/mol. The van der Waals surface area contributed by atoms with Crippen molar-refractivity contribution in [1.82, 2.24) is 5.32 Å². The van der Waals surface area contributed by atoms with Gasteiger partial charge in [-0.05, 0) is 67.3 Å². The number of likely N-dealkylation sites (N-methyl/N-ethyl adjacent to an activating group) is 1. The number of nitrogens with one attached hydrogen (secondary N) is 1. The summed E-state index contributed by atoms with van der Waals surface area (Å²) in [6.45, 7) is 0. The van der Waals surface area contributed by atoms with Gasteiger partial charge in [-0.25, -0.2) is 0 Å². The van der Waals surface area contributed by atoms with Gasteiger partial charge in [0.25, 0.3) is 0 Å². The Bertz CT molecular complexity index is 645. The van der Waals surface area contributed by atoms with Crippen molar-refractivity contribution >= 4 is 26.7 Å². The summed E-state index contributed by atoms with van der Waals surface area (Å²) >= 11 is 3.53. The predicted octanol–water partition coefficient (Wildman–Crippen LogP) is 5.36. The van der Waals surface area contributed by atoms with Gasteiger partial charge in [-0.15, -0.1) is 0 Å². The molecular formula is C18H20BrN. The molecule has 0 saturated carbocycles. The molecule has 0 aliphatic heterocycles. The average molecular weight is 330 g/mol. The molecule has 104 valence electrons. The topological polar surface area (TPSA) is 12.0 Å². The Morgan fingerprint density at radius 2 is 1.85 bits per heavy atom. The van der Waals surface area contributed by atoms with E-state index >= 15 is 0 Å². The Labute approximate surface area is 129 Å². The number of rotatable bonds is 3. The largest absolute Gasteiger partial charge is 0.310 e. The summed E-state index contributed by atoms with van der Waals surface area (Å²) in [5.74, 6) is 0. The first-order chi connectivity index (χ1) is 9.78. The fraction of sp³-hybridized carbons (Fsp3) is 0.333. The van der Waals surface area contributed by atoms with Crippen molar-refractivity contribution in [3.63, 3.8) is 0 Å². The molecule has 1 nitrogen and oxygen atoms in total. The minimum atomic E-state index is 0.364. The summed E-state index contributed by atoms with van der Waals surface area (Å²) in [5.41, 5.74) is 2.92. The van der Waals surface area contributed by atoms with Crippen molar-refractivity contribution < 1.29 is 0 Å². The molecule has 1 aliphatic rings. The first-order valence-corrected chi connectivity index (χ1v) is 8.12. The lowest BCUT2D eigenvalue weighted by atomic mass is 9.89. The second kappa shape index (κ2) is 6.11. The number of fused-ring (bicyclic) bond motifs is 1. The van der Waals surface area contributed by atoms with Gasteiger partial charge in [0.15, 0.2) is 0 Å². The van der Waals surface area contributed by atoms with Gasteiger partial charge in [0.2, 0.25) is 0 Å². The zero-order valence-corrected chi connectivity index (χ0v) is 13.4. The van der Waals surface area contributed by atoms with Gasteiger partial charge >= 0.3 is 0 Å². The van der Waals surface area contributed by atoms with Crippen LogP contribution in [0.25, 0.3) is 10.8 Å². The van der Waals surface area contributed by atoms with E-state index in [1.165, 1.54) is 42.0 Å². The van der Waals surface area contributed by atoms with Crippen molar-refractivity contribution in [2.24, 2.45) is 0 Å². The Hall–Kier alpha value is -1.12. The summed E-state index contributed by atoms with van der Waals surface area (Å²) in [6.07, 6.45) is 7.55. The van der Waals surface area contributed by atoms with Gasteiger partial charge in [-0.1, -0.05) is 45.8 Å². The highest BCUT2D eigenvalue weighted by Crippen LogP contribution is 2.31. The first kappa shape index (κ1) is 13.8. The number of hydrogen-bond donors (Lipinski definition) is 1. The molecule has 1 N–H and O–H groups in total. The number of allylic oxidation sites excluding steroid dienone is 1. The van der Waals surface area contributed by atoms with Crippen LogP contribution in [0.3, 0.4) is 0 Å². The molecule has 0 fully saturated rings. The summed E-state index contributed by atoms with van der Waals surface area (Å²) in [6, 6.07) is 13.6. The van der Waals surface area contributed by atoms with E-state index in [1.54, 1.807) is 5.57 Å². The van der Waals surface area contributed by atoms with Crippen molar-refractivity contribution in [1.29, 1.82) is 0 Å². The van der Waals surface area contributed by atoms with E-state index in [9.17, 15) is 0 Å². The third-order valence-electron chi connectivity index (χ3n) is 4.15. The molecule has 1 aliphatic carbocycles. The van der Waals surface area contributed by atoms with Crippen LogP contribution in [0.15, 0.2) is 52.5 Å². The van der Waals surface area contributed by atoms with Crippen LogP contribution >= 0.6 is 15.9 Å². The summed E-state index contributed by atoms with van der Waals surface area (Å²) < 4.78 is 1.14. The van der Waals surface area contributed by atoms with Gasteiger partial charge in [0.05, 0.1) is 6.04 Å². The Kier molecular flexibility index (Phi) is 4.23. The normalized spacial score (nSPS) is 17.0. The molecule has 2 aromatic rings. The van der Waals surface area contributed by atoms with E-state index in [4.69, 9.17) is 0 Å². The molecule has 0 radical (unpaired) electrons. The van der Waals surface area contributed by atoms with E-state index in [0.29, 0.717) is 6.04 Å². The van der Waals surface area contributed by atoms with Gasteiger partial charge in [-0.3, -0.25) is 0 Å². The smallest absolute Gasteiger partial charge is 0.0533 e. The van der Waals surface area contributed by atoms with Crippen molar-refractivity contribution in [2.75, 3.05) is 7.05 Å². The minimum absolute atomic E-state index is 0.364. The van der Waals surface area contributed by atoms with Gasteiger partial charge < -0.3 is 5.32 Å². The molecule has 0 bridgehead atoms. The third kappa shape index (κ3) is 2.82. The lowest BCUT2D eigenvalue weighted by Gasteiger charge is -2.23. The summed E-state index contributed by atoms with van der Waals surface area (Å²) in [7, 11) is 2.06. The van der Waals surface area contributed by atoms with Gasteiger partial charge in [0.1, 0.15) is 0 Å². The van der Waals surface area contributed by atoms with E-state index in [0.717, 1.165) is 4.47 Å². The van der Waals surface area contributed by atoms with Gasteiger partial charge in [-0.2, -0.15) is 0 Å². The van der Waals surface area contributed by atoms with Crippen LogP contribution in [0.5, 0.6) is 0 Å². The van der Waals surface area contributed by atoms with Crippen LogP contribution in [0, 0.1) is 0 Å². The van der Waals surface area contributed by atoms with Crippen molar-refractivity contribution in [3.05, 3.63) is 58.1 Å². The van der Waals surface area contributed by atoms with E-state index in [2.05, 4.69) is 70.8 Å². The third-order valence-corrected chi connectivity index (χ3v) is 4.64. The number of hydrogen-bond acceptors (Lipinski definition) is 1. The summed E-state index contributed by atoms with van der Waals surface area (Å²) in [4.78, 5) is 0. The lowest BCUT2D eigenvalue weighted by Crippen LogP contribution is -2.19. The Morgan fingerprint density at radius 1 is 1.05 bits per heavy atom. The maximum absolute atomic E-state index is 3.53. The molecule has 1 unspecified atom stereocenters. The highest BCUT2D eigenvalue weighted by Gasteiger charge is 2.16. The van der Waals surface area contributed by atoms with E-state index in [1.807, 2.05) is 0 Å². The molecule has 2 heteroatoms. The molecule has 1 atom stereocenters. The lowest BCUT2D eigenvalue weighted by molar-refractivity contribution is 0.593. The average Bonchev–Trinajstić information content (AvgIpc) is 2.49. The number of halogens is 1. The van der Waals surface area contributed by atoms with Crippen LogP contribution in [0.4, 0.5) is 0 Å². The highest BCUT2D eigenvalue weighted by atomic mass is 79.9. The van der Waals surface area contributed by atoms with Crippen LogP contribution in [0.1, 0.15) is 37.3 Å². The number of benzene rings is 2. The van der Waals surface area contributed by atoms with E-state index in [-0.39, 0.29) is 0 Å². The Morgan fingerprint density at radius 3 is 2.60 bits per heavy atom. The van der Waals surface area contributed by atoms with Crippen LogP contribution in [-0.4, -0.2) is 7.05 Å². The first-order valence-electron chi connectivity index (χ1n) is 7.33. The molecule has 20 heavy (non-hydrogen) atoms. The fourth-order valence-corrected chi connectivity index (χ4v) is 3.48. The predicted molar refractivity (Wildman–Crippen MR) is 90.0 cm³/mol. The second-order valence-corrected chi connectivity index (χ2v) is 6.41. The zero-order chi connectivity index (χ0) is 13.9. The molecule has 0 amide bonds. The van der Waals surface area contributed by atoms with Crippen LogP contribution < -0.4 is 5.32 Å². The maximum atomic E-state index is 3.53. The molecule has 2 aromatic carbocycles. The molecule has 0 saturated heterocycles. The summed E-state index contributed by atoms with van der Waals surface area (Å²) in [5, 5.41) is 6.08. The highest BCUT2D eigenvalue weighted by molar-refractivity contribution is 9.10. The SMILES string of the molecule is CNC(C1=CCCCC1)c1ccc2cc(Br)ccc2c1. The molecule has 0 aromatic heterocycles. The quantitative estimate of drug-likeness (QED) is 0.747. The Balaban J connectivity index is 1.99. The van der Waals surface area contributed by atoms with Crippen molar-refractivity contribution in [3.8, 4) is 0 Å². The molecular weight excluding hydrogens is 310 g/mol. The minimum Gasteiger partial charge on any atom is -0.310 e.